The highest BCUT2D eigenvalue weighted by atomic mass is 14.9. The second-order valence-corrected chi connectivity index (χ2v) is 3.52. The fourth-order valence-corrected chi connectivity index (χ4v) is 1.34. The first-order valence-electron chi connectivity index (χ1n) is 5.53. The predicted octanol–water partition coefficient (Wildman–Crippen LogP) is 2.16. The van der Waals surface area contributed by atoms with Gasteiger partial charge in [0.15, 0.2) is 0 Å². The Morgan fingerprint density at radius 2 is 2.00 bits per heavy atom. The van der Waals surface area contributed by atoms with Crippen molar-refractivity contribution in [1.82, 2.24) is 5.32 Å². The molecule has 0 radical (unpaired) electrons. The summed E-state index contributed by atoms with van der Waals surface area (Å²) in [5, 5.41) is 3.27. The van der Waals surface area contributed by atoms with Crippen molar-refractivity contribution in [3.63, 3.8) is 0 Å². The zero-order valence-electron chi connectivity index (χ0n) is 9.37. The number of benzene rings is 1. The molecule has 0 aliphatic heterocycles. The highest BCUT2D eigenvalue weighted by Crippen LogP contribution is 2.06. The Balaban J connectivity index is 2.45. The number of allylic oxidation sites excluding steroid dienone is 1. The Morgan fingerprint density at radius 3 is 2.60 bits per heavy atom. The summed E-state index contributed by atoms with van der Waals surface area (Å²) in [6, 6.07) is 8.59. The maximum absolute atomic E-state index is 5.40. The van der Waals surface area contributed by atoms with Crippen molar-refractivity contribution in [1.29, 1.82) is 0 Å². The zero-order chi connectivity index (χ0) is 10.9. The van der Waals surface area contributed by atoms with Gasteiger partial charge in [0.1, 0.15) is 0 Å². The minimum absolute atomic E-state index is 0.692. The Labute approximate surface area is 92.2 Å². The molecule has 0 fully saturated rings. The van der Waals surface area contributed by atoms with Gasteiger partial charge >= 0.3 is 0 Å². The predicted molar refractivity (Wildman–Crippen MR) is 66.5 cm³/mol. The molecule has 0 amide bonds. The fraction of sp³-hybridized carbons (Fsp3) is 0.385. The van der Waals surface area contributed by atoms with Gasteiger partial charge in [0.2, 0.25) is 0 Å². The van der Waals surface area contributed by atoms with Gasteiger partial charge in [-0.3, -0.25) is 0 Å². The summed E-state index contributed by atoms with van der Waals surface area (Å²) < 4.78 is 0. The van der Waals surface area contributed by atoms with Crippen LogP contribution in [0.15, 0.2) is 30.3 Å². The smallest absolute Gasteiger partial charge is 0.0206 e. The van der Waals surface area contributed by atoms with E-state index >= 15 is 0 Å². The molecular formula is C13H20N2. The van der Waals surface area contributed by atoms with Crippen molar-refractivity contribution in [3.05, 3.63) is 41.5 Å². The molecule has 0 aromatic heterocycles. The molecule has 0 bridgehead atoms. The molecular weight excluding hydrogens is 184 g/mol. The summed E-state index contributed by atoms with van der Waals surface area (Å²) in [4.78, 5) is 0. The normalized spacial score (nSPS) is 11.1. The average molecular weight is 204 g/mol. The van der Waals surface area contributed by atoms with Crippen LogP contribution in [0.4, 0.5) is 0 Å². The number of hydrogen-bond donors (Lipinski definition) is 2. The molecule has 1 aromatic rings. The molecule has 0 atom stereocenters. The lowest BCUT2D eigenvalue weighted by Crippen LogP contribution is -2.21. The summed E-state index contributed by atoms with van der Waals surface area (Å²) in [6.45, 7) is 4.60. The summed E-state index contributed by atoms with van der Waals surface area (Å²) in [5.74, 6) is 0. The van der Waals surface area contributed by atoms with E-state index in [0.717, 1.165) is 19.5 Å². The van der Waals surface area contributed by atoms with Crippen molar-refractivity contribution in [2.75, 3.05) is 13.1 Å². The molecule has 15 heavy (non-hydrogen) atoms. The van der Waals surface area contributed by atoms with E-state index in [-0.39, 0.29) is 0 Å². The monoisotopic (exact) mass is 204 g/mol. The van der Waals surface area contributed by atoms with Gasteiger partial charge in [0, 0.05) is 19.6 Å². The second kappa shape index (κ2) is 7.21. The van der Waals surface area contributed by atoms with Gasteiger partial charge in [-0.2, -0.15) is 0 Å². The molecule has 0 spiro atoms. The highest BCUT2D eigenvalue weighted by Gasteiger charge is 1.91. The molecule has 1 aromatic carbocycles. The molecule has 82 valence electrons. The quantitative estimate of drug-likeness (QED) is 0.697. The Morgan fingerprint density at radius 1 is 1.27 bits per heavy atom. The third-order valence-electron chi connectivity index (χ3n) is 2.18. The number of nitrogens with one attached hydrogen (secondary N) is 1. The van der Waals surface area contributed by atoms with Crippen LogP contribution in [0.5, 0.6) is 0 Å². The van der Waals surface area contributed by atoms with Crippen LogP contribution >= 0.6 is 0 Å². The van der Waals surface area contributed by atoms with E-state index in [1.165, 1.54) is 11.1 Å². The largest absolute Gasteiger partial charge is 0.329 e. The molecule has 0 aliphatic carbocycles. The van der Waals surface area contributed by atoms with Crippen molar-refractivity contribution in [2.24, 2.45) is 5.73 Å². The van der Waals surface area contributed by atoms with E-state index in [1.807, 2.05) is 0 Å². The Hall–Kier alpha value is -1.12. The van der Waals surface area contributed by atoms with E-state index < -0.39 is 0 Å². The lowest BCUT2D eigenvalue weighted by molar-refractivity contribution is 0.695. The van der Waals surface area contributed by atoms with Gasteiger partial charge < -0.3 is 11.1 Å². The maximum atomic E-state index is 5.40. The highest BCUT2D eigenvalue weighted by molar-refractivity contribution is 5.49. The average Bonchev–Trinajstić information content (AvgIpc) is 2.28. The first-order valence-corrected chi connectivity index (χ1v) is 5.53. The fourth-order valence-electron chi connectivity index (χ4n) is 1.34. The third-order valence-corrected chi connectivity index (χ3v) is 2.18. The van der Waals surface area contributed by atoms with Crippen molar-refractivity contribution in [3.8, 4) is 0 Å². The number of hydrogen-bond acceptors (Lipinski definition) is 2. The Bertz CT molecular complexity index is 288. The first-order chi connectivity index (χ1) is 7.36. The van der Waals surface area contributed by atoms with Crippen LogP contribution in [-0.4, -0.2) is 13.1 Å². The van der Waals surface area contributed by atoms with E-state index in [1.54, 1.807) is 0 Å². The number of nitrogens with two attached hydrogens (primary N) is 1. The number of rotatable bonds is 6. The van der Waals surface area contributed by atoms with E-state index in [9.17, 15) is 0 Å². The van der Waals surface area contributed by atoms with Crippen molar-refractivity contribution < 1.29 is 0 Å². The summed E-state index contributed by atoms with van der Waals surface area (Å²) in [5.41, 5.74) is 7.97. The van der Waals surface area contributed by atoms with Crippen LogP contribution in [0, 0.1) is 0 Å². The summed E-state index contributed by atoms with van der Waals surface area (Å²) in [6.07, 6.45) is 5.40. The molecule has 2 heteroatoms. The van der Waals surface area contributed by atoms with Gasteiger partial charge in [-0.25, -0.2) is 0 Å². The lowest BCUT2D eigenvalue weighted by Gasteiger charge is -2.03. The zero-order valence-corrected chi connectivity index (χ0v) is 9.37. The maximum Gasteiger partial charge on any atom is 0.0206 e. The van der Waals surface area contributed by atoms with E-state index in [4.69, 9.17) is 5.73 Å². The molecule has 0 heterocycles. The first kappa shape index (κ1) is 12.0. The molecule has 0 unspecified atom stereocenters. The molecule has 1 rings (SSSR count). The van der Waals surface area contributed by atoms with Crippen LogP contribution in [-0.2, 0) is 6.54 Å². The van der Waals surface area contributed by atoms with Crippen LogP contribution in [0.25, 0.3) is 6.08 Å². The molecule has 3 N–H and O–H groups in total. The van der Waals surface area contributed by atoms with E-state index in [0.29, 0.717) is 6.54 Å². The topological polar surface area (TPSA) is 38.0 Å². The molecule has 0 aliphatic rings. The van der Waals surface area contributed by atoms with Gasteiger partial charge in [-0.1, -0.05) is 43.3 Å². The Kier molecular flexibility index (Phi) is 5.74. The second-order valence-electron chi connectivity index (χ2n) is 3.52. The minimum atomic E-state index is 0.692. The van der Waals surface area contributed by atoms with Crippen LogP contribution in [0.2, 0.25) is 0 Å². The third kappa shape index (κ3) is 4.77. The molecule has 0 saturated carbocycles. The van der Waals surface area contributed by atoms with Gasteiger partial charge in [0.05, 0.1) is 0 Å². The van der Waals surface area contributed by atoms with Crippen LogP contribution in [0.3, 0.4) is 0 Å². The van der Waals surface area contributed by atoms with Gasteiger partial charge in [0.25, 0.3) is 0 Å². The van der Waals surface area contributed by atoms with Crippen molar-refractivity contribution >= 4 is 6.08 Å². The van der Waals surface area contributed by atoms with Gasteiger partial charge in [-0.15, -0.1) is 0 Å². The van der Waals surface area contributed by atoms with Crippen molar-refractivity contribution in [2.45, 2.75) is 19.9 Å². The molecule has 2 nitrogen and oxygen atoms in total. The lowest BCUT2D eigenvalue weighted by atomic mass is 10.1. The van der Waals surface area contributed by atoms with Gasteiger partial charge in [-0.05, 0) is 17.5 Å². The summed E-state index contributed by atoms with van der Waals surface area (Å²) in [7, 11) is 0. The summed E-state index contributed by atoms with van der Waals surface area (Å²) >= 11 is 0. The molecule has 0 saturated heterocycles. The minimum Gasteiger partial charge on any atom is -0.329 e. The van der Waals surface area contributed by atoms with Crippen LogP contribution in [0.1, 0.15) is 24.5 Å². The van der Waals surface area contributed by atoms with E-state index in [2.05, 4.69) is 48.7 Å². The standard InChI is InChI=1S/C13H20N2/c1-2-3-4-12-5-7-13(8-6-12)11-15-10-9-14/h3-8,15H,2,9-11,14H2,1H3/b4-3+. The van der Waals surface area contributed by atoms with Crippen LogP contribution < -0.4 is 11.1 Å². The SMILES string of the molecule is CC/C=C/c1ccc(CNCCN)cc1.